The minimum atomic E-state index is 0.384. The zero-order chi connectivity index (χ0) is 15.4. The van der Waals surface area contributed by atoms with Crippen LogP contribution in [0.1, 0.15) is 97.0 Å². The van der Waals surface area contributed by atoms with Gasteiger partial charge in [-0.2, -0.15) is 0 Å². The van der Waals surface area contributed by atoms with E-state index in [1.165, 1.54) is 76.2 Å². The summed E-state index contributed by atoms with van der Waals surface area (Å²) in [6.07, 6.45) is 14.9. The van der Waals surface area contributed by atoms with E-state index in [0.29, 0.717) is 5.41 Å². The summed E-state index contributed by atoms with van der Waals surface area (Å²) < 4.78 is 0. The molecule has 1 aromatic rings. The van der Waals surface area contributed by atoms with Crippen LogP contribution in [0.25, 0.3) is 0 Å². The molecule has 119 valence electrons. The second kappa shape index (κ2) is 10.9. The van der Waals surface area contributed by atoms with Crippen LogP contribution < -0.4 is 0 Å². The Hall–Kier alpha value is -0.780. The monoisotopic (exact) mass is 287 g/mol. The van der Waals surface area contributed by atoms with E-state index >= 15 is 0 Å². The first-order chi connectivity index (χ1) is 10.3. The molecule has 0 nitrogen and oxygen atoms in total. The van der Waals surface area contributed by atoms with Gasteiger partial charge in [-0.1, -0.05) is 96.4 Å². The molecule has 0 heteroatoms. The maximum absolute atomic E-state index is 3.54. The maximum Gasteiger partial charge on any atom is -0.00410 e. The van der Waals surface area contributed by atoms with E-state index < -0.39 is 0 Å². The Morgan fingerprint density at radius 1 is 0.762 bits per heavy atom. The molecule has 0 bridgehead atoms. The number of benzene rings is 1. The summed E-state index contributed by atoms with van der Waals surface area (Å²) in [5.41, 5.74) is 1.84. The van der Waals surface area contributed by atoms with E-state index in [0.717, 1.165) is 0 Å². The Morgan fingerprint density at radius 3 is 2.00 bits per heavy atom. The van der Waals surface area contributed by atoms with Gasteiger partial charge in [-0.05, 0) is 36.3 Å². The molecule has 0 heterocycles. The first-order valence-corrected chi connectivity index (χ1v) is 9.26. The molecular formula is C21H35. The molecule has 0 N–H and O–H groups in total. The van der Waals surface area contributed by atoms with Crippen molar-refractivity contribution in [3.8, 4) is 0 Å². The van der Waals surface area contributed by atoms with Crippen molar-refractivity contribution in [2.24, 2.45) is 0 Å². The van der Waals surface area contributed by atoms with Gasteiger partial charge < -0.3 is 0 Å². The summed E-state index contributed by atoms with van der Waals surface area (Å²) in [5.74, 6) is 0. The highest BCUT2D eigenvalue weighted by atomic mass is 14.3. The fourth-order valence-corrected chi connectivity index (χ4v) is 3.70. The third-order valence-corrected chi connectivity index (χ3v) is 4.75. The van der Waals surface area contributed by atoms with Crippen molar-refractivity contribution in [1.82, 2.24) is 0 Å². The van der Waals surface area contributed by atoms with Gasteiger partial charge in [0, 0.05) is 0 Å². The topological polar surface area (TPSA) is 0 Å². The summed E-state index contributed by atoms with van der Waals surface area (Å²) in [7, 11) is 0. The minimum Gasteiger partial charge on any atom is -0.0654 e. The first-order valence-electron chi connectivity index (χ1n) is 9.26. The van der Waals surface area contributed by atoms with E-state index in [4.69, 9.17) is 0 Å². The van der Waals surface area contributed by atoms with Crippen molar-refractivity contribution in [2.75, 3.05) is 0 Å². The van der Waals surface area contributed by atoms with Crippen molar-refractivity contribution in [3.05, 3.63) is 35.9 Å². The van der Waals surface area contributed by atoms with Crippen molar-refractivity contribution >= 4 is 0 Å². The van der Waals surface area contributed by atoms with Gasteiger partial charge in [0.15, 0.2) is 0 Å². The summed E-state index contributed by atoms with van der Waals surface area (Å²) >= 11 is 0. The lowest BCUT2D eigenvalue weighted by Gasteiger charge is -2.34. The molecule has 1 rings (SSSR count). The number of hydrogen-bond donors (Lipinski definition) is 0. The molecule has 0 fully saturated rings. The molecule has 0 saturated carbocycles. The van der Waals surface area contributed by atoms with Gasteiger partial charge in [-0.25, -0.2) is 0 Å². The van der Waals surface area contributed by atoms with Crippen LogP contribution in [0.15, 0.2) is 24.3 Å². The van der Waals surface area contributed by atoms with E-state index in [2.05, 4.69) is 51.1 Å². The lowest BCUT2D eigenvalue weighted by molar-refractivity contribution is 0.316. The zero-order valence-corrected chi connectivity index (χ0v) is 14.6. The molecule has 0 unspecified atom stereocenters. The quantitative estimate of drug-likeness (QED) is 0.360. The van der Waals surface area contributed by atoms with Crippen LogP contribution in [0.3, 0.4) is 0 Å². The minimum absolute atomic E-state index is 0.384. The molecule has 0 aliphatic heterocycles. The van der Waals surface area contributed by atoms with Gasteiger partial charge in [-0.15, -0.1) is 0 Å². The fraction of sp³-hybridized carbons (Fsp3) is 0.714. The molecule has 0 amide bonds. The second-order valence-corrected chi connectivity index (χ2v) is 6.57. The van der Waals surface area contributed by atoms with Crippen LogP contribution in [0, 0.1) is 6.07 Å². The third-order valence-electron chi connectivity index (χ3n) is 4.75. The molecule has 21 heavy (non-hydrogen) atoms. The van der Waals surface area contributed by atoms with Gasteiger partial charge in [0.25, 0.3) is 0 Å². The largest absolute Gasteiger partial charge is 0.0654 e. The summed E-state index contributed by atoms with van der Waals surface area (Å²) in [5, 5.41) is 0. The summed E-state index contributed by atoms with van der Waals surface area (Å²) in [4.78, 5) is 0. The Kier molecular flexibility index (Phi) is 9.46. The van der Waals surface area contributed by atoms with Gasteiger partial charge in [0.1, 0.15) is 0 Å². The van der Waals surface area contributed by atoms with Gasteiger partial charge in [0.2, 0.25) is 0 Å². The van der Waals surface area contributed by atoms with Crippen LogP contribution in [-0.2, 0) is 5.41 Å². The lowest BCUT2D eigenvalue weighted by Crippen LogP contribution is -2.26. The lowest BCUT2D eigenvalue weighted by atomic mass is 9.70. The van der Waals surface area contributed by atoms with Gasteiger partial charge >= 0.3 is 0 Å². The molecule has 1 radical (unpaired) electrons. The van der Waals surface area contributed by atoms with Gasteiger partial charge in [-0.3, -0.25) is 0 Å². The molecule has 0 aromatic heterocycles. The van der Waals surface area contributed by atoms with Crippen molar-refractivity contribution in [1.29, 1.82) is 0 Å². The molecule has 0 saturated heterocycles. The average Bonchev–Trinajstić information content (AvgIpc) is 2.52. The number of hydrogen-bond acceptors (Lipinski definition) is 0. The molecule has 0 aliphatic carbocycles. The van der Waals surface area contributed by atoms with Crippen LogP contribution >= 0.6 is 0 Å². The second-order valence-electron chi connectivity index (χ2n) is 6.57. The summed E-state index contributed by atoms with van der Waals surface area (Å²) in [6.45, 7) is 6.95. The van der Waals surface area contributed by atoms with E-state index in [9.17, 15) is 0 Å². The molecule has 0 atom stereocenters. The first kappa shape index (κ1) is 18.3. The Morgan fingerprint density at radius 2 is 1.43 bits per heavy atom. The Balaban J connectivity index is 2.63. The number of unbranched alkanes of at least 4 members (excludes halogenated alkanes) is 5. The maximum atomic E-state index is 3.54. The van der Waals surface area contributed by atoms with Crippen LogP contribution in [0.5, 0.6) is 0 Å². The van der Waals surface area contributed by atoms with E-state index in [1.807, 2.05) is 0 Å². The van der Waals surface area contributed by atoms with Crippen LogP contribution in [-0.4, -0.2) is 0 Å². The highest BCUT2D eigenvalue weighted by Crippen LogP contribution is 2.39. The average molecular weight is 288 g/mol. The Bertz CT molecular complexity index is 332. The third kappa shape index (κ3) is 6.24. The standard InChI is InChI=1S/C21H35/c1-4-7-8-9-10-14-19-21(17-5-2,18-6-3)20-15-12-11-13-16-20/h11-13,15H,4-10,14,17-19H2,1-3H3. The SMILES string of the molecule is CCCCCCCCC(CCC)(CCC)c1[c]cccc1. The Labute approximate surface area is 133 Å². The van der Waals surface area contributed by atoms with Crippen molar-refractivity contribution < 1.29 is 0 Å². The molecule has 1 aromatic carbocycles. The predicted molar refractivity (Wildman–Crippen MR) is 94.8 cm³/mol. The van der Waals surface area contributed by atoms with E-state index in [-0.39, 0.29) is 0 Å². The van der Waals surface area contributed by atoms with Crippen molar-refractivity contribution in [3.63, 3.8) is 0 Å². The molecule has 0 spiro atoms. The van der Waals surface area contributed by atoms with Crippen LogP contribution in [0.4, 0.5) is 0 Å². The highest BCUT2D eigenvalue weighted by Gasteiger charge is 2.29. The molecular weight excluding hydrogens is 252 g/mol. The van der Waals surface area contributed by atoms with E-state index in [1.54, 1.807) is 0 Å². The highest BCUT2D eigenvalue weighted by molar-refractivity contribution is 5.24. The van der Waals surface area contributed by atoms with Gasteiger partial charge in [0.05, 0.1) is 0 Å². The fourth-order valence-electron chi connectivity index (χ4n) is 3.70. The normalized spacial score (nSPS) is 11.8. The predicted octanol–water partition coefficient (Wildman–Crippen LogP) is 7.08. The molecule has 0 aliphatic rings. The zero-order valence-electron chi connectivity index (χ0n) is 14.6. The smallest absolute Gasteiger partial charge is 0.00410 e. The van der Waals surface area contributed by atoms with Crippen molar-refractivity contribution in [2.45, 2.75) is 96.8 Å². The van der Waals surface area contributed by atoms with Crippen LogP contribution in [0.2, 0.25) is 0 Å². The number of rotatable bonds is 12. The summed E-state index contributed by atoms with van der Waals surface area (Å²) in [6, 6.07) is 12.2.